The predicted molar refractivity (Wildman–Crippen MR) is 82.9 cm³/mol. The van der Waals surface area contributed by atoms with Crippen molar-refractivity contribution >= 4 is 11.9 Å². The second-order valence-electron chi connectivity index (χ2n) is 5.32. The van der Waals surface area contributed by atoms with Crippen LogP contribution < -0.4 is 5.73 Å². The zero-order valence-electron chi connectivity index (χ0n) is 13.5. The van der Waals surface area contributed by atoms with Crippen molar-refractivity contribution in [3.63, 3.8) is 0 Å². The van der Waals surface area contributed by atoms with E-state index in [1.165, 1.54) is 12.1 Å². The summed E-state index contributed by atoms with van der Waals surface area (Å²) in [6.45, 7) is 4.92. The van der Waals surface area contributed by atoms with Crippen LogP contribution in [0.15, 0.2) is 18.2 Å². The molecular weight excluding hydrogens is 302 g/mol. The number of phenols is 2. The minimum absolute atomic E-state index is 0.141. The van der Waals surface area contributed by atoms with Crippen LogP contribution >= 0.6 is 0 Å². The van der Waals surface area contributed by atoms with E-state index in [0.717, 1.165) is 0 Å². The molecule has 0 aliphatic heterocycles. The van der Waals surface area contributed by atoms with Gasteiger partial charge in [-0.05, 0) is 38.0 Å². The number of esters is 2. The van der Waals surface area contributed by atoms with Crippen molar-refractivity contribution in [2.24, 2.45) is 5.73 Å². The predicted octanol–water partition coefficient (Wildman–Crippen LogP) is 1.24. The Bertz CT molecular complexity index is 560. The van der Waals surface area contributed by atoms with Crippen molar-refractivity contribution in [1.82, 2.24) is 0 Å². The first-order chi connectivity index (χ1) is 10.7. The second-order valence-corrected chi connectivity index (χ2v) is 5.32. The molecule has 1 rings (SSSR count). The molecule has 7 heteroatoms. The molecule has 0 aliphatic rings. The van der Waals surface area contributed by atoms with Crippen LogP contribution in [-0.4, -0.2) is 40.4 Å². The van der Waals surface area contributed by atoms with Crippen LogP contribution in [-0.2, 0) is 25.5 Å². The number of rotatable bonds is 7. The van der Waals surface area contributed by atoms with Gasteiger partial charge in [-0.15, -0.1) is 0 Å². The Morgan fingerprint density at radius 3 is 2.30 bits per heavy atom. The minimum Gasteiger partial charge on any atom is -0.504 e. The quantitative estimate of drug-likeness (QED) is 0.509. The van der Waals surface area contributed by atoms with Gasteiger partial charge in [-0.2, -0.15) is 0 Å². The molecule has 0 unspecified atom stereocenters. The van der Waals surface area contributed by atoms with Gasteiger partial charge in [0.25, 0.3) is 0 Å². The molecule has 128 valence electrons. The lowest BCUT2D eigenvalue weighted by Gasteiger charge is -2.22. The number of hydrogen-bond donors (Lipinski definition) is 3. The van der Waals surface area contributed by atoms with Crippen LogP contribution in [0.25, 0.3) is 0 Å². The van der Waals surface area contributed by atoms with E-state index >= 15 is 0 Å². The summed E-state index contributed by atoms with van der Waals surface area (Å²) in [7, 11) is 0. The van der Waals surface area contributed by atoms with Crippen molar-refractivity contribution in [3.05, 3.63) is 23.8 Å². The molecular formula is C16H23NO6. The summed E-state index contributed by atoms with van der Waals surface area (Å²) in [4.78, 5) is 23.2. The van der Waals surface area contributed by atoms with E-state index < -0.39 is 24.2 Å². The second kappa shape index (κ2) is 8.38. The van der Waals surface area contributed by atoms with E-state index in [1.807, 2.05) is 0 Å². The lowest BCUT2D eigenvalue weighted by Crippen LogP contribution is -2.39. The summed E-state index contributed by atoms with van der Waals surface area (Å²) in [5, 5.41) is 18.7. The van der Waals surface area contributed by atoms with Gasteiger partial charge in [-0.1, -0.05) is 13.0 Å². The highest BCUT2D eigenvalue weighted by molar-refractivity contribution is 5.76. The van der Waals surface area contributed by atoms with Crippen molar-refractivity contribution in [1.29, 1.82) is 0 Å². The zero-order chi connectivity index (χ0) is 17.6. The molecule has 0 amide bonds. The first-order valence-electron chi connectivity index (χ1n) is 7.41. The van der Waals surface area contributed by atoms with Crippen molar-refractivity contribution in [2.45, 2.75) is 51.9 Å². The molecule has 23 heavy (non-hydrogen) atoms. The SMILES string of the molecule is CCC(=O)O[C@@H](C)[C@@H](C)OC(=O)[C@@H](N)Cc1ccc(O)c(O)c1. The first kappa shape index (κ1) is 18.8. The maximum Gasteiger partial charge on any atom is 0.323 e. The Kier molecular flexibility index (Phi) is 6.84. The molecule has 0 aliphatic carbocycles. The third-order valence-electron chi connectivity index (χ3n) is 3.37. The van der Waals surface area contributed by atoms with E-state index in [9.17, 15) is 19.8 Å². The third-order valence-corrected chi connectivity index (χ3v) is 3.37. The molecule has 0 radical (unpaired) electrons. The summed E-state index contributed by atoms with van der Waals surface area (Å²) in [6.07, 6.45) is -0.814. The zero-order valence-corrected chi connectivity index (χ0v) is 13.5. The van der Waals surface area contributed by atoms with Gasteiger partial charge in [0.1, 0.15) is 18.2 Å². The Morgan fingerprint density at radius 2 is 1.74 bits per heavy atom. The molecule has 1 aromatic rings. The van der Waals surface area contributed by atoms with Crippen LogP contribution in [0, 0.1) is 0 Å². The number of nitrogens with two attached hydrogens (primary N) is 1. The van der Waals surface area contributed by atoms with E-state index in [2.05, 4.69) is 0 Å². The topological polar surface area (TPSA) is 119 Å². The van der Waals surface area contributed by atoms with Crippen molar-refractivity contribution < 1.29 is 29.3 Å². The summed E-state index contributed by atoms with van der Waals surface area (Å²) in [5.74, 6) is -1.53. The Morgan fingerprint density at radius 1 is 1.13 bits per heavy atom. The van der Waals surface area contributed by atoms with Crippen LogP contribution in [0.5, 0.6) is 11.5 Å². The Labute approximate surface area is 135 Å². The van der Waals surface area contributed by atoms with Gasteiger partial charge in [0.2, 0.25) is 0 Å². The lowest BCUT2D eigenvalue weighted by atomic mass is 10.1. The van der Waals surface area contributed by atoms with E-state index in [1.54, 1.807) is 26.8 Å². The van der Waals surface area contributed by atoms with Gasteiger partial charge >= 0.3 is 11.9 Å². The molecule has 1 aromatic carbocycles. The molecule has 0 heterocycles. The maximum atomic E-state index is 12.0. The highest BCUT2D eigenvalue weighted by atomic mass is 16.6. The van der Waals surface area contributed by atoms with Gasteiger partial charge < -0.3 is 25.4 Å². The number of benzene rings is 1. The molecule has 0 saturated carbocycles. The Hall–Kier alpha value is -2.28. The van der Waals surface area contributed by atoms with E-state index in [0.29, 0.717) is 5.56 Å². The summed E-state index contributed by atoms with van der Waals surface area (Å²) < 4.78 is 10.3. The molecule has 0 spiro atoms. The standard InChI is InChI=1S/C16H23NO6/c1-4-15(20)22-9(2)10(3)23-16(21)12(17)7-11-5-6-13(18)14(19)8-11/h5-6,8-10,12,18-19H,4,7,17H2,1-3H3/t9-,10+,12-/m0/s1. The number of hydrogen-bond acceptors (Lipinski definition) is 7. The average Bonchev–Trinajstić information content (AvgIpc) is 2.50. The molecule has 3 atom stereocenters. The maximum absolute atomic E-state index is 12.0. The average molecular weight is 325 g/mol. The fourth-order valence-electron chi connectivity index (χ4n) is 1.79. The van der Waals surface area contributed by atoms with Gasteiger partial charge in [0.15, 0.2) is 11.5 Å². The number of phenolic OH excluding ortho intramolecular Hbond substituents is 2. The lowest BCUT2D eigenvalue weighted by molar-refractivity contribution is -0.166. The molecule has 7 nitrogen and oxygen atoms in total. The van der Waals surface area contributed by atoms with Crippen LogP contribution in [0.3, 0.4) is 0 Å². The van der Waals surface area contributed by atoms with E-state index in [4.69, 9.17) is 15.2 Å². The Balaban J connectivity index is 2.55. The number of carbonyl (C=O) groups is 2. The molecule has 0 saturated heterocycles. The molecule has 4 N–H and O–H groups in total. The third kappa shape index (κ3) is 5.78. The van der Waals surface area contributed by atoms with Gasteiger partial charge in [-0.3, -0.25) is 9.59 Å². The fraction of sp³-hybridized carbons (Fsp3) is 0.500. The molecule has 0 bridgehead atoms. The largest absolute Gasteiger partial charge is 0.504 e. The first-order valence-corrected chi connectivity index (χ1v) is 7.41. The van der Waals surface area contributed by atoms with Gasteiger partial charge in [0, 0.05) is 6.42 Å². The van der Waals surface area contributed by atoms with Crippen molar-refractivity contribution in [3.8, 4) is 11.5 Å². The van der Waals surface area contributed by atoms with Crippen LogP contribution in [0.4, 0.5) is 0 Å². The smallest absolute Gasteiger partial charge is 0.323 e. The van der Waals surface area contributed by atoms with E-state index in [-0.39, 0.29) is 30.3 Å². The summed E-state index contributed by atoms with van der Waals surface area (Å²) in [5.41, 5.74) is 6.37. The summed E-state index contributed by atoms with van der Waals surface area (Å²) in [6, 6.07) is 3.27. The van der Waals surface area contributed by atoms with Gasteiger partial charge in [-0.25, -0.2) is 0 Å². The highest BCUT2D eigenvalue weighted by Gasteiger charge is 2.24. The van der Waals surface area contributed by atoms with Crippen LogP contribution in [0.2, 0.25) is 0 Å². The van der Waals surface area contributed by atoms with Crippen molar-refractivity contribution in [2.75, 3.05) is 0 Å². The normalized spacial score (nSPS) is 14.6. The number of ether oxygens (including phenoxy) is 2. The summed E-state index contributed by atoms with van der Waals surface area (Å²) >= 11 is 0. The van der Waals surface area contributed by atoms with Gasteiger partial charge in [0.05, 0.1) is 0 Å². The molecule has 0 fully saturated rings. The minimum atomic E-state index is -0.935. The number of aromatic hydroxyl groups is 2. The monoisotopic (exact) mass is 325 g/mol. The number of carbonyl (C=O) groups excluding carboxylic acids is 2. The fourth-order valence-corrected chi connectivity index (χ4v) is 1.79. The highest BCUT2D eigenvalue weighted by Crippen LogP contribution is 2.25. The van der Waals surface area contributed by atoms with Crippen LogP contribution in [0.1, 0.15) is 32.8 Å². The molecule has 0 aromatic heterocycles.